The Kier molecular flexibility index (Phi) is 4.20. The quantitative estimate of drug-likeness (QED) is 0.728. The summed E-state index contributed by atoms with van der Waals surface area (Å²) < 4.78 is 0. The van der Waals surface area contributed by atoms with Gasteiger partial charge in [-0.05, 0) is 92.0 Å². The third-order valence-electron chi connectivity index (χ3n) is 9.15. The van der Waals surface area contributed by atoms with Gasteiger partial charge in [0.2, 0.25) is 5.91 Å². The van der Waals surface area contributed by atoms with E-state index in [-0.39, 0.29) is 40.2 Å². The number of amides is 1. The molecule has 0 spiro atoms. The van der Waals surface area contributed by atoms with E-state index < -0.39 is 0 Å². The Labute approximate surface area is 172 Å². The maximum Gasteiger partial charge on any atom is 0.243 e. The number of benzene rings is 1. The summed E-state index contributed by atoms with van der Waals surface area (Å²) in [6.07, 6.45) is 10.4. The molecule has 5 rings (SSSR count). The van der Waals surface area contributed by atoms with Crippen LogP contribution in [-0.4, -0.2) is 22.8 Å². The number of phenolic OH excluding ortho intramolecular Hbond substituents is 1. The van der Waals surface area contributed by atoms with Gasteiger partial charge in [-0.2, -0.15) is 0 Å². The van der Waals surface area contributed by atoms with E-state index in [0.29, 0.717) is 17.8 Å². The number of carbonyl (C=O) groups is 2. The highest BCUT2D eigenvalue weighted by Crippen LogP contribution is 2.65. The van der Waals surface area contributed by atoms with Crippen molar-refractivity contribution in [3.05, 3.63) is 42.0 Å². The van der Waals surface area contributed by atoms with E-state index in [1.807, 2.05) is 0 Å². The van der Waals surface area contributed by atoms with Crippen molar-refractivity contribution in [1.29, 1.82) is 0 Å². The summed E-state index contributed by atoms with van der Waals surface area (Å²) in [7, 11) is 0. The van der Waals surface area contributed by atoms with Crippen molar-refractivity contribution in [1.82, 2.24) is 5.32 Å². The van der Waals surface area contributed by atoms with E-state index in [0.717, 1.165) is 44.1 Å². The lowest BCUT2D eigenvalue weighted by Crippen LogP contribution is -2.59. The lowest BCUT2D eigenvalue weighted by Gasteiger charge is -2.58. The normalized spacial score (nSPS) is 43.1. The van der Waals surface area contributed by atoms with Crippen LogP contribution in [0.3, 0.4) is 0 Å². The molecule has 154 valence electrons. The molecule has 4 nitrogen and oxygen atoms in total. The zero-order chi connectivity index (χ0) is 20.4. The molecule has 29 heavy (non-hydrogen) atoms. The van der Waals surface area contributed by atoms with Gasteiger partial charge in [0.1, 0.15) is 5.75 Å². The molecule has 0 radical (unpaired) electrons. The molecule has 1 heterocycles. The molecule has 1 aromatic rings. The molecule has 2 N–H and O–H groups in total. The molecule has 1 aromatic carbocycles. The van der Waals surface area contributed by atoms with Crippen LogP contribution in [-0.2, 0) is 4.79 Å². The number of hydrogen-bond acceptors (Lipinski definition) is 3. The minimum atomic E-state index is 0.0389. The second-order valence-electron chi connectivity index (χ2n) is 10.3. The maximum atomic E-state index is 13.4. The van der Waals surface area contributed by atoms with Gasteiger partial charge in [0.05, 0.1) is 0 Å². The fourth-order valence-electron chi connectivity index (χ4n) is 7.59. The monoisotopic (exact) mass is 393 g/mol. The first-order chi connectivity index (χ1) is 13.8. The van der Waals surface area contributed by atoms with E-state index in [1.54, 1.807) is 30.3 Å². The molecule has 3 aliphatic carbocycles. The zero-order valence-corrected chi connectivity index (χ0v) is 17.4. The maximum absolute atomic E-state index is 13.4. The summed E-state index contributed by atoms with van der Waals surface area (Å²) >= 11 is 0. The Bertz CT molecular complexity index is 875. The topological polar surface area (TPSA) is 66.4 Å². The van der Waals surface area contributed by atoms with Crippen molar-refractivity contribution >= 4 is 11.7 Å². The molecule has 1 aliphatic heterocycles. The Morgan fingerprint density at radius 3 is 2.55 bits per heavy atom. The van der Waals surface area contributed by atoms with Crippen LogP contribution in [0.5, 0.6) is 5.75 Å². The smallest absolute Gasteiger partial charge is 0.243 e. The van der Waals surface area contributed by atoms with Crippen LogP contribution in [0.4, 0.5) is 0 Å². The number of nitrogens with one attached hydrogen (secondary N) is 1. The van der Waals surface area contributed by atoms with Crippen LogP contribution in [0.25, 0.3) is 0 Å². The van der Waals surface area contributed by atoms with Gasteiger partial charge in [-0.25, -0.2) is 0 Å². The fourth-order valence-corrected chi connectivity index (χ4v) is 7.59. The van der Waals surface area contributed by atoms with Crippen molar-refractivity contribution < 1.29 is 14.7 Å². The number of fused-ring (bicyclic) bond motifs is 5. The summed E-state index contributed by atoms with van der Waals surface area (Å²) in [5, 5.41) is 12.8. The van der Waals surface area contributed by atoms with Crippen LogP contribution in [0.1, 0.15) is 62.7 Å². The number of carbonyl (C=O) groups excluding carboxylic acids is 2. The van der Waals surface area contributed by atoms with Gasteiger partial charge in [-0.15, -0.1) is 0 Å². The molecule has 3 saturated carbocycles. The van der Waals surface area contributed by atoms with E-state index in [9.17, 15) is 14.7 Å². The highest BCUT2D eigenvalue weighted by Gasteiger charge is 2.60. The molecular formula is C25H31NO3. The lowest BCUT2D eigenvalue weighted by atomic mass is 9.47. The molecule has 3 unspecified atom stereocenters. The number of Topliss-reactive ketones (excluding diaryl/α,β-unsaturated/α-hetero) is 1. The third-order valence-corrected chi connectivity index (χ3v) is 9.15. The summed E-state index contributed by atoms with van der Waals surface area (Å²) in [5.41, 5.74) is 0.823. The first kappa shape index (κ1) is 18.9. The molecule has 1 amide bonds. The van der Waals surface area contributed by atoms with Gasteiger partial charge in [-0.3, -0.25) is 9.59 Å². The predicted molar refractivity (Wildman–Crippen MR) is 111 cm³/mol. The van der Waals surface area contributed by atoms with Gasteiger partial charge in [0.15, 0.2) is 5.78 Å². The van der Waals surface area contributed by atoms with Crippen molar-refractivity contribution in [2.75, 3.05) is 0 Å². The van der Waals surface area contributed by atoms with Crippen molar-refractivity contribution in [2.24, 2.45) is 34.5 Å². The lowest BCUT2D eigenvalue weighted by molar-refractivity contribution is -0.122. The molecule has 0 aromatic heterocycles. The molecule has 4 heteroatoms. The van der Waals surface area contributed by atoms with Gasteiger partial charge in [0.25, 0.3) is 0 Å². The van der Waals surface area contributed by atoms with E-state index in [1.165, 1.54) is 0 Å². The predicted octanol–water partition coefficient (Wildman–Crippen LogP) is 4.49. The Hall–Kier alpha value is -2.10. The first-order valence-corrected chi connectivity index (χ1v) is 11.2. The van der Waals surface area contributed by atoms with Crippen LogP contribution in [0.15, 0.2) is 36.4 Å². The molecular weight excluding hydrogens is 362 g/mol. The summed E-state index contributed by atoms with van der Waals surface area (Å²) in [6, 6.07) is 7.01. The largest absolute Gasteiger partial charge is 0.508 e. The second-order valence-corrected chi connectivity index (χ2v) is 10.3. The van der Waals surface area contributed by atoms with Crippen molar-refractivity contribution in [2.45, 2.75) is 58.4 Å². The Balaban J connectivity index is 1.42. The zero-order valence-electron chi connectivity index (χ0n) is 17.4. The van der Waals surface area contributed by atoms with Crippen LogP contribution in [0.2, 0.25) is 0 Å². The highest BCUT2D eigenvalue weighted by molar-refractivity contribution is 5.98. The van der Waals surface area contributed by atoms with Crippen LogP contribution >= 0.6 is 0 Å². The number of aromatic hydroxyl groups is 1. The number of phenols is 1. The van der Waals surface area contributed by atoms with Gasteiger partial charge >= 0.3 is 0 Å². The van der Waals surface area contributed by atoms with E-state index in [2.05, 4.69) is 25.2 Å². The Morgan fingerprint density at radius 2 is 1.79 bits per heavy atom. The molecule has 7 atom stereocenters. The van der Waals surface area contributed by atoms with Crippen LogP contribution < -0.4 is 5.32 Å². The van der Waals surface area contributed by atoms with Crippen molar-refractivity contribution in [3.63, 3.8) is 0 Å². The summed E-state index contributed by atoms with van der Waals surface area (Å²) in [5.74, 6) is 2.37. The summed E-state index contributed by atoms with van der Waals surface area (Å²) in [4.78, 5) is 25.2. The Morgan fingerprint density at radius 1 is 1.03 bits per heavy atom. The van der Waals surface area contributed by atoms with Gasteiger partial charge in [0, 0.05) is 22.9 Å². The van der Waals surface area contributed by atoms with Crippen LogP contribution in [0, 0.1) is 34.5 Å². The van der Waals surface area contributed by atoms with Gasteiger partial charge in [-0.1, -0.05) is 19.9 Å². The average molecular weight is 394 g/mol. The van der Waals surface area contributed by atoms with Gasteiger partial charge < -0.3 is 10.4 Å². The first-order valence-electron chi connectivity index (χ1n) is 11.2. The summed E-state index contributed by atoms with van der Waals surface area (Å²) in [6.45, 7) is 4.69. The number of ketones is 1. The van der Waals surface area contributed by atoms with E-state index >= 15 is 0 Å². The standard InChI is InChI=1S/C25H31NO3/c1-24-13-11-19-17(7-10-21-25(19,2)14-12-22(28)26-21)18(24)8-9-20(24)23(29)15-3-5-16(27)6-4-15/h3-6,12,14,17-21,27H,7-11,13H2,1-2H3,(H,26,28)/t17?,18?,19?,20-,21-,24+,25-/m1/s1. The number of rotatable bonds is 2. The molecule has 3 fully saturated rings. The SMILES string of the molecule is C[C@]12CCC3C(CC[C@H]4NC(=O)C=C[C@]34C)C1CC[C@@H]2C(=O)c1ccc(O)cc1. The van der Waals surface area contributed by atoms with Crippen molar-refractivity contribution in [3.8, 4) is 5.75 Å². The third kappa shape index (κ3) is 2.71. The molecule has 4 aliphatic rings. The minimum Gasteiger partial charge on any atom is -0.508 e. The second kappa shape index (κ2) is 6.45. The van der Waals surface area contributed by atoms with E-state index in [4.69, 9.17) is 0 Å². The minimum absolute atomic E-state index is 0.0389. The highest BCUT2D eigenvalue weighted by atomic mass is 16.3. The number of hydrogen-bond donors (Lipinski definition) is 2. The molecule has 0 saturated heterocycles. The fraction of sp³-hybridized carbons (Fsp3) is 0.600. The average Bonchev–Trinajstić information content (AvgIpc) is 3.06. The molecule has 0 bridgehead atoms.